The van der Waals surface area contributed by atoms with Gasteiger partial charge in [-0.3, -0.25) is 19.7 Å². The minimum Gasteiger partial charge on any atom is -0.497 e. The molecule has 28 heavy (non-hydrogen) atoms. The van der Waals surface area contributed by atoms with E-state index >= 15 is 0 Å². The highest BCUT2D eigenvalue weighted by molar-refractivity contribution is 6.02. The lowest BCUT2D eigenvalue weighted by Crippen LogP contribution is -2.26. The number of amides is 1. The Morgan fingerprint density at radius 1 is 1.18 bits per heavy atom. The lowest BCUT2D eigenvalue weighted by molar-refractivity contribution is -0.384. The van der Waals surface area contributed by atoms with Crippen LogP contribution in [0.2, 0.25) is 0 Å². The summed E-state index contributed by atoms with van der Waals surface area (Å²) in [7, 11) is 1.54. The van der Waals surface area contributed by atoms with E-state index in [1.54, 1.807) is 37.4 Å². The maximum atomic E-state index is 12.4. The number of aromatic nitrogens is 2. The Morgan fingerprint density at radius 2 is 1.93 bits per heavy atom. The van der Waals surface area contributed by atoms with Crippen LogP contribution in [0.1, 0.15) is 16.1 Å². The molecule has 0 saturated carbocycles. The van der Waals surface area contributed by atoms with E-state index in [1.807, 2.05) is 0 Å². The topological polar surface area (TPSA) is 116 Å². The molecule has 142 valence electrons. The van der Waals surface area contributed by atoms with Crippen molar-refractivity contribution in [1.29, 1.82) is 0 Å². The molecule has 3 rings (SSSR count). The van der Waals surface area contributed by atoms with Gasteiger partial charge in [-0.05, 0) is 35.9 Å². The third-order valence-electron chi connectivity index (χ3n) is 3.90. The number of rotatable bonds is 6. The molecule has 0 unspecified atom stereocenters. The molecule has 0 atom stereocenters. The lowest BCUT2D eigenvalue weighted by atomic mass is 10.2. The van der Waals surface area contributed by atoms with Crippen molar-refractivity contribution >= 4 is 17.3 Å². The Balaban J connectivity index is 1.80. The van der Waals surface area contributed by atoms with Crippen LogP contribution in [0.15, 0.2) is 65.5 Å². The van der Waals surface area contributed by atoms with E-state index < -0.39 is 16.4 Å². The molecule has 1 N–H and O–H groups in total. The highest BCUT2D eigenvalue weighted by Crippen LogP contribution is 2.16. The predicted molar refractivity (Wildman–Crippen MR) is 102 cm³/mol. The summed E-state index contributed by atoms with van der Waals surface area (Å²) in [4.78, 5) is 34.9. The smallest absolute Gasteiger partial charge is 0.276 e. The van der Waals surface area contributed by atoms with E-state index in [-0.39, 0.29) is 17.9 Å². The molecule has 0 fully saturated rings. The van der Waals surface area contributed by atoms with Gasteiger partial charge in [0.2, 0.25) is 0 Å². The number of nitrogens with one attached hydrogen (secondary N) is 1. The molecule has 0 spiro atoms. The summed E-state index contributed by atoms with van der Waals surface area (Å²) in [5, 5.41) is 17.6. The second kappa shape index (κ2) is 8.12. The molecule has 0 aliphatic rings. The second-order valence-corrected chi connectivity index (χ2v) is 5.82. The SMILES string of the molecule is COc1ccc(NC(=O)c2ccc(=O)n(Cc3cccc([N+](=O)[O-])c3)n2)cc1. The van der Waals surface area contributed by atoms with Gasteiger partial charge < -0.3 is 10.1 Å². The zero-order valence-corrected chi connectivity index (χ0v) is 14.9. The molecule has 0 radical (unpaired) electrons. The summed E-state index contributed by atoms with van der Waals surface area (Å²) < 4.78 is 6.15. The van der Waals surface area contributed by atoms with Crippen molar-refractivity contribution in [2.45, 2.75) is 6.54 Å². The van der Waals surface area contributed by atoms with Gasteiger partial charge in [0.1, 0.15) is 11.4 Å². The Bertz CT molecular complexity index is 1080. The Kier molecular flexibility index (Phi) is 5.45. The molecule has 9 heteroatoms. The van der Waals surface area contributed by atoms with E-state index in [9.17, 15) is 19.7 Å². The highest BCUT2D eigenvalue weighted by atomic mass is 16.6. The first-order valence-electron chi connectivity index (χ1n) is 8.23. The number of nitro groups is 1. The number of nitro benzene ring substituents is 1. The number of ether oxygens (including phenoxy) is 1. The van der Waals surface area contributed by atoms with Crippen molar-refractivity contribution in [3.05, 3.63) is 92.4 Å². The summed E-state index contributed by atoms with van der Waals surface area (Å²) in [6, 6.07) is 15.2. The summed E-state index contributed by atoms with van der Waals surface area (Å²) in [6.07, 6.45) is 0. The lowest BCUT2D eigenvalue weighted by Gasteiger charge is -2.08. The van der Waals surface area contributed by atoms with Crippen LogP contribution in [-0.2, 0) is 6.54 Å². The summed E-state index contributed by atoms with van der Waals surface area (Å²) >= 11 is 0. The number of nitrogens with zero attached hydrogens (tertiary/aromatic N) is 3. The normalized spacial score (nSPS) is 10.3. The van der Waals surface area contributed by atoms with Crippen LogP contribution < -0.4 is 15.6 Å². The van der Waals surface area contributed by atoms with Gasteiger partial charge in [0.15, 0.2) is 0 Å². The van der Waals surface area contributed by atoms with E-state index in [0.717, 1.165) is 4.68 Å². The van der Waals surface area contributed by atoms with Crippen LogP contribution in [-0.4, -0.2) is 27.7 Å². The highest BCUT2D eigenvalue weighted by Gasteiger charge is 2.12. The summed E-state index contributed by atoms with van der Waals surface area (Å²) in [6.45, 7) is 0.00414. The number of carbonyl (C=O) groups is 1. The predicted octanol–water partition coefficient (Wildman–Crippen LogP) is 2.46. The molecule has 0 saturated heterocycles. The number of hydrogen-bond donors (Lipinski definition) is 1. The number of carbonyl (C=O) groups excluding carboxylic acids is 1. The van der Waals surface area contributed by atoms with Gasteiger partial charge in [0.25, 0.3) is 17.2 Å². The molecular weight excluding hydrogens is 364 g/mol. The van der Waals surface area contributed by atoms with Crippen LogP contribution in [0.3, 0.4) is 0 Å². The van der Waals surface area contributed by atoms with Gasteiger partial charge in [0, 0.05) is 23.9 Å². The fourth-order valence-corrected chi connectivity index (χ4v) is 2.49. The second-order valence-electron chi connectivity index (χ2n) is 5.82. The molecule has 1 aromatic heterocycles. The Hall–Kier alpha value is -4.01. The van der Waals surface area contributed by atoms with Gasteiger partial charge in [-0.25, -0.2) is 4.68 Å². The third-order valence-corrected chi connectivity index (χ3v) is 3.90. The first-order chi connectivity index (χ1) is 13.5. The average Bonchev–Trinajstić information content (AvgIpc) is 2.70. The quantitative estimate of drug-likeness (QED) is 0.519. The Labute approximate surface area is 159 Å². The van der Waals surface area contributed by atoms with Crippen molar-refractivity contribution in [3.8, 4) is 5.75 Å². The molecule has 3 aromatic rings. The maximum Gasteiger partial charge on any atom is 0.276 e. The van der Waals surface area contributed by atoms with Gasteiger partial charge >= 0.3 is 0 Å². The van der Waals surface area contributed by atoms with Crippen molar-refractivity contribution in [2.75, 3.05) is 12.4 Å². The first-order valence-corrected chi connectivity index (χ1v) is 8.23. The van der Waals surface area contributed by atoms with Crippen molar-refractivity contribution in [1.82, 2.24) is 9.78 Å². The van der Waals surface area contributed by atoms with Gasteiger partial charge in [-0.1, -0.05) is 12.1 Å². The molecular formula is C19H16N4O5. The molecule has 1 heterocycles. The van der Waals surface area contributed by atoms with E-state index in [0.29, 0.717) is 17.0 Å². The fraction of sp³-hybridized carbons (Fsp3) is 0.105. The number of anilines is 1. The van der Waals surface area contributed by atoms with Crippen molar-refractivity contribution < 1.29 is 14.5 Å². The van der Waals surface area contributed by atoms with Gasteiger partial charge in [0.05, 0.1) is 18.6 Å². The molecule has 0 aliphatic heterocycles. The van der Waals surface area contributed by atoms with E-state index in [1.165, 1.54) is 30.3 Å². The molecule has 0 aliphatic carbocycles. The average molecular weight is 380 g/mol. The number of methoxy groups -OCH3 is 1. The van der Waals surface area contributed by atoms with Crippen LogP contribution >= 0.6 is 0 Å². The van der Waals surface area contributed by atoms with Crippen LogP contribution in [0, 0.1) is 10.1 Å². The third kappa shape index (κ3) is 4.39. The molecule has 0 bridgehead atoms. The number of non-ortho nitro benzene ring substituents is 1. The number of benzene rings is 2. The van der Waals surface area contributed by atoms with Crippen LogP contribution in [0.5, 0.6) is 5.75 Å². The largest absolute Gasteiger partial charge is 0.497 e. The minimum absolute atomic E-state index is 0.00414. The Morgan fingerprint density at radius 3 is 2.61 bits per heavy atom. The van der Waals surface area contributed by atoms with Crippen molar-refractivity contribution in [3.63, 3.8) is 0 Å². The summed E-state index contributed by atoms with van der Waals surface area (Å²) in [5.41, 5.74) is 0.604. The standard InChI is InChI=1S/C19H16N4O5/c1-28-16-7-5-14(6-8-16)20-19(25)17-9-10-18(24)22(21-17)12-13-3-2-4-15(11-13)23(26)27/h2-11H,12H2,1H3,(H,20,25). The summed E-state index contributed by atoms with van der Waals surface area (Å²) in [5.74, 6) is 0.166. The maximum absolute atomic E-state index is 12.4. The van der Waals surface area contributed by atoms with Gasteiger partial charge in [-0.15, -0.1) is 0 Å². The van der Waals surface area contributed by atoms with E-state index in [2.05, 4.69) is 10.4 Å². The molecule has 9 nitrogen and oxygen atoms in total. The minimum atomic E-state index is -0.515. The first kappa shape index (κ1) is 18.8. The fourth-order valence-electron chi connectivity index (χ4n) is 2.49. The monoisotopic (exact) mass is 380 g/mol. The number of hydrogen-bond acceptors (Lipinski definition) is 6. The zero-order valence-electron chi connectivity index (χ0n) is 14.9. The van der Waals surface area contributed by atoms with Gasteiger partial charge in [-0.2, -0.15) is 5.10 Å². The molecule has 1 amide bonds. The zero-order chi connectivity index (χ0) is 20.1. The van der Waals surface area contributed by atoms with E-state index in [4.69, 9.17) is 4.74 Å². The van der Waals surface area contributed by atoms with Crippen LogP contribution in [0.4, 0.5) is 11.4 Å². The van der Waals surface area contributed by atoms with Crippen LogP contribution in [0.25, 0.3) is 0 Å². The van der Waals surface area contributed by atoms with Crippen molar-refractivity contribution in [2.24, 2.45) is 0 Å². The molecule has 2 aromatic carbocycles.